The average molecular weight is 352 g/mol. The van der Waals surface area contributed by atoms with E-state index in [1.165, 1.54) is 17.5 Å². The van der Waals surface area contributed by atoms with E-state index in [1.54, 1.807) is 23.9 Å². The molecule has 5 heteroatoms. The molecule has 0 aromatic heterocycles. The first kappa shape index (κ1) is 17.0. The Morgan fingerprint density at radius 3 is 2.36 bits per heavy atom. The lowest BCUT2D eigenvalue weighted by Gasteiger charge is -2.07. The second-order valence-electron chi connectivity index (χ2n) is 5.36. The van der Waals surface area contributed by atoms with Crippen LogP contribution in [-0.4, -0.2) is 29.2 Å². The SMILES string of the molecule is O=C(O)C(=O)c1ccc(SCCOc2ccc3ccccc3c2)cc1. The Morgan fingerprint density at radius 2 is 1.64 bits per heavy atom. The predicted molar refractivity (Wildman–Crippen MR) is 98.6 cm³/mol. The molecular formula is C20H16O4S. The van der Waals surface area contributed by atoms with Crippen molar-refractivity contribution in [2.24, 2.45) is 0 Å². The van der Waals surface area contributed by atoms with Crippen LogP contribution in [0.3, 0.4) is 0 Å². The van der Waals surface area contributed by atoms with Crippen LogP contribution in [0.1, 0.15) is 10.4 Å². The normalized spacial score (nSPS) is 10.6. The van der Waals surface area contributed by atoms with Crippen molar-refractivity contribution in [2.45, 2.75) is 4.90 Å². The molecule has 0 amide bonds. The number of carbonyl (C=O) groups excluding carboxylic acids is 1. The zero-order valence-corrected chi connectivity index (χ0v) is 14.2. The summed E-state index contributed by atoms with van der Waals surface area (Å²) in [5, 5.41) is 11.0. The minimum absolute atomic E-state index is 0.185. The molecule has 3 rings (SSSR count). The third-order valence-corrected chi connectivity index (χ3v) is 4.63. The molecule has 0 spiro atoms. The van der Waals surface area contributed by atoms with E-state index in [-0.39, 0.29) is 5.56 Å². The molecule has 25 heavy (non-hydrogen) atoms. The molecule has 0 aliphatic carbocycles. The summed E-state index contributed by atoms with van der Waals surface area (Å²) >= 11 is 1.59. The fraction of sp³-hybridized carbons (Fsp3) is 0.100. The molecule has 0 saturated carbocycles. The molecule has 3 aromatic carbocycles. The summed E-state index contributed by atoms with van der Waals surface area (Å²) in [5.41, 5.74) is 0.185. The van der Waals surface area contributed by atoms with Crippen molar-refractivity contribution in [1.29, 1.82) is 0 Å². The molecule has 0 aliphatic rings. The van der Waals surface area contributed by atoms with Crippen molar-refractivity contribution < 1.29 is 19.4 Å². The smallest absolute Gasteiger partial charge is 0.377 e. The lowest BCUT2D eigenvalue weighted by Crippen LogP contribution is -2.12. The number of hydrogen-bond donors (Lipinski definition) is 1. The highest BCUT2D eigenvalue weighted by Crippen LogP contribution is 2.22. The molecule has 0 radical (unpaired) electrons. The maximum Gasteiger partial charge on any atom is 0.377 e. The van der Waals surface area contributed by atoms with Crippen molar-refractivity contribution in [3.8, 4) is 5.75 Å². The number of carboxylic acids is 1. The fourth-order valence-corrected chi connectivity index (χ4v) is 3.13. The van der Waals surface area contributed by atoms with E-state index in [0.29, 0.717) is 6.61 Å². The first-order valence-electron chi connectivity index (χ1n) is 7.75. The van der Waals surface area contributed by atoms with E-state index in [9.17, 15) is 9.59 Å². The monoisotopic (exact) mass is 352 g/mol. The molecular weight excluding hydrogens is 336 g/mol. The summed E-state index contributed by atoms with van der Waals surface area (Å²) in [6, 6.07) is 20.7. The molecule has 0 heterocycles. The Morgan fingerprint density at radius 1 is 0.920 bits per heavy atom. The standard InChI is InChI=1S/C20H16O4S/c21-19(20(22)23)15-6-9-18(10-7-15)25-12-11-24-17-8-5-14-3-1-2-4-16(14)13-17/h1-10,13H,11-12H2,(H,22,23). The van der Waals surface area contributed by atoms with Crippen molar-refractivity contribution in [3.05, 3.63) is 72.3 Å². The quantitative estimate of drug-likeness (QED) is 0.298. The third-order valence-electron chi connectivity index (χ3n) is 3.65. The van der Waals surface area contributed by atoms with Crippen molar-refractivity contribution in [3.63, 3.8) is 0 Å². The molecule has 0 unspecified atom stereocenters. The molecule has 0 saturated heterocycles. The van der Waals surface area contributed by atoms with Gasteiger partial charge in [-0.3, -0.25) is 4.79 Å². The second-order valence-corrected chi connectivity index (χ2v) is 6.53. The van der Waals surface area contributed by atoms with Gasteiger partial charge in [0, 0.05) is 16.2 Å². The maximum absolute atomic E-state index is 11.3. The number of ketones is 1. The highest BCUT2D eigenvalue weighted by molar-refractivity contribution is 7.99. The topological polar surface area (TPSA) is 63.6 Å². The van der Waals surface area contributed by atoms with Gasteiger partial charge >= 0.3 is 5.97 Å². The number of fused-ring (bicyclic) bond motifs is 1. The minimum Gasteiger partial charge on any atom is -0.493 e. The number of thioether (sulfide) groups is 1. The summed E-state index contributed by atoms with van der Waals surface area (Å²) in [4.78, 5) is 22.9. The minimum atomic E-state index is -1.44. The molecule has 0 aliphatic heterocycles. The Kier molecular flexibility index (Phi) is 5.36. The van der Waals surface area contributed by atoms with Crippen LogP contribution < -0.4 is 4.74 Å². The number of aliphatic carboxylic acids is 1. The highest BCUT2D eigenvalue weighted by atomic mass is 32.2. The van der Waals surface area contributed by atoms with Gasteiger partial charge in [0.2, 0.25) is 0 Å². The van der Waals surface area contributed by atoms with Gasteiger partial charge in [0.1, 0.15) is 5.75 Å². The van der Waals surface area contributed by atoms with Gasteiger partial charge in [-0.1, -0.05) is 30.3 Å². The van der Waals surface area contributed by atoms with Crippen molar-refractivity contribution in [2.75, 3.05) is 12.4 Å². The zero-order chi connectivity index (χ0) is 17.6. The molecule has 1 N–H and O–H groups in total. The van der Waals surface area contributed by atoms with Crippen LogP contribution in [0.15, 0.2) is 71.6 Å². The van der Waals surface area contributed by atoms with Crippen molar-refractivity contribution >= 4 is 34.3 Å². The van der Waals surface area contributed by atoms with Gasteiger partial charge in [-0.2, -0.15) is 0 Å². The van der Waals surface area contributed by atoms with Crippen LogP contribution in [0, 0.1) is 0 Å². The summed E-state index contributed by atoms with van der Waals surface area (Å²) < 4.78 is 5.78. The van der Waals surface area contributed by atoms with Gasteiger partial charge in [-0.25, -0.2) is 4.79 Å². The first-order chi connectivity index (χ1) is 12.1. The molecule has 3 aromatic rings. The highest BCUT2D eigenvalue weighted by Gasteiger charge is 2.13. The van der Waals surface area contributed by atoms with Crippen LogP contribution in [0.2, 0.25) is 0 Å². The van der Waals surface area contributed by atoms with Gasteiger partial charge in [-0.15, -0.1) is 11.8 Å². The number of carboxylic acid groups (broad SMARTS) is 1. The van der Waals surface area contributed by atoms with Gasteiger partial charge in [0.15, 0.2) is 0 Å². The average Bonchev–Trinajstić information content (AvgIpc) is 2.65. The summed E-state index contributed by atoms with van der Waals surface area (Å²) in [6.45, 7) is 0.554. The van der Waals surface area contributed by atoms with E-state index in [4.69, 9.17) is 9.84 Å². The molecule has 0 atom stereocenters. The lowest BCUT2D eigenvalue weighted by atomic mass is 10.1. The summed E-state index contributed by atoms with van der Waals surface area (Å²) in [6.07, 6.45) is 0. The van der Waals surface area contributed by atoms with Crippen LogP contribution in [0.5, 0.6) is 5.75 Å². The summed E-state index contributed by atoms with van der Waals surface area (Å²) in [5.74, 6) is -0.749. The lowest BCUT2D eigenvalue weighted by molar-refractivity contribution is -0.131. The summed E-state index contributed by atoms with van der Waals surface area (Å²) in [7, 11) is 0. The van der Waals surface area contributed by atoms with Crippen LogP contribution >= 0.6 is 11.8 Å². The molecule has 0 bridgehead atoms. The number of Topliss-reactive ketones (excluding diaryl/α,β-unsaturated/α-hetero) is 1. The molecule has 4 nitrogen and oxygen atoms in total. The first-order valence-corrected chi connectivity index (χ1v) is 8.74. The second kappa shape index (κ2) is 7.85. The Labute approximate surface area is 149 Å². The van der Waals surface area contributed by atoms with Crippen LogP contribution in [0.25, 0.3) is 10.8 Å². The Balaban J connectivity index is 1.50. The van der Waals surface area contributed by atoms with Gasteiger partial charge in [0.25, 0.3) is 5.78 Å². The van der Waals surface area contributed by atoms with E-state index >= 15 is 0 Å². The van der Waals surface area contributed by atoms with E-state index < -0.39 is 11.8 Å². The van der Waals surface area contributed by atoms with Crippen molar-refractivity contribution in [1.82, 2.24) is 0 Å². The van der Waals surface area contributed by atoms with E-state index in [0.717, 1.165) is 21.8 Å². The zero-order valence-electron chi connectivity index (χ0n) is 13.3. The number of hydrogen-bond acceptors (Lipinski definition) is 4. The predicted octanol–water partition coefficient (Wildman–Crippen LogP) is 4.28. The van der Waals surface area contributed by atoms with Gasteiger partial charge in [-0.05, 0) is 47.2 Å². The number of rotatable bonds is 7. The number of benzene rings is 3. The Bertz CT molecular complexity index is 903. The fourth-order valence-electron chi connectivity index (χ4n) is 2.40. The van der Waals surface area contributed by atoms with E-state index in [1.807, 2.05) is 30.3 Å². The largest absolute Gasteiger partial charge is 0.493 e. The molecule has 126 valence electrons. The van der Waals surface area contributed by atoms with Gasteiger partial charge < -0.3 is 9.84 Å². The third kappa shape index (κ3) is 4.39. The van der Waals surface area contributed by atoms with Crippen LogP contribution in [0.4, 0.5) is 0 Å². The number of ether oxygens (including phenoxy) is 1. The molecule has 0 fully saturated rings. The van der Waals surface area contributed by atoms with E-state index in [2.05, 4.69) is 12.1 Å². The Hall–Kier alpha value is -2.79. The maximum atomic E-state index is 11.3. The number of carbonyl (C=O) groups is 2. The van der Waals surface area contributed by atoms with Gasteiger partial charge in [0.05, 0.1) is 6.61 Å². The van der Waals surface area contributed by atoms with Crippen LogP contribution in [-0.2, 0) is 4.79 Å².